The van der Waals surface area contributed by atoms with Crippen molar-refractivity contribution in [3.8, 4) is 11.8 Å². The molecule has 1 fully saturated rings. The molecule has 2 N–H and O–H groups in total. The fourth-order valence-electron chi connectivity index (χ4n) is 2.30. The maximum absolute atomic E-state index is 12.2. The fraction of sp³-hybridized carbons (Fsp3) is 0.438. The summed E-state index contributed by atoms with van der Waals surface area (Å²) >= 11 is 0. The van der Waals surface area contributed by atoms with Gasteiger partial charge in [-0.05, 0) is 51.2 Å². The van der Waals surface area contributed by atoms with E-state index in [2.05, 4.69) is 29.1 Å². The van der Waals surface area contributed by atoms with Crippen molar-refractivity contribution < 1.29 is 9.90 Å². The number of aliphatic hydroxyl groups excluding tert-OH is 1. The summed E-state index contributed by atoms with van der Waals surface area (Å²) in [7, 11) is 2.10. The highest BCUT2D eigenvalue weighted by Crippen LogP contribution is 2.10. The highest BCUT2D eigenvalue weighted by molar-refractivity contribution is 5.94. The molecule has 1 saturated heterocycles. The van der Waals surface area contributed by atoms with Gasteiger partial charge < -0.3 is 15.3 Å². The van der Waals surface area contributed by atoms with Crippen LogP contribution < -0.4 is 5.32 Å². The van der Waals surface area contributed by atoms with E-state index in [9.17, 15) is 4.79 Å². The highest BCUT2D eigenvalue weighted by atomic mass is 16.2. The summed E-state index contributed by atoms with van der Waals surface area (Å²) in [5, 5.41) is 11.8. The summed E-state index contributed by atoms with van der Waals surface area (Å²) in [5.41, 5.74) is 1.36. The minimum atomic E-state index is -0.175. The first-order valence-corrected chi connectivity index (χ1v) is 6.88. The molecule has 0 aromatic heterocycles. The number of carbonyl (C=O) groups excluding carboxylic acids is 1. The van der Waals surface area contributed by atoms with Crippen molar-refractivity contribution in [3.05, 3.63) is 35.4 Å². The van der Waals surface area contributed by atoms with Crippen LogP contribution in [0.4, 0.5) is 0 Å². The number of likely N-dealkylation sites (tertiary alicyclic amines) is 1. The maximum atomic E-state index is 12.2. The number of benzene rings is 1. The third-order valence-corrected chi connectivity index (χ3v) is 3.49. The molecule has 106 valence electrons. The van der Waals surface area contributed by atoms with Crippen molar-refractivity contribution in [3.63, 3.8) is 0 Å². The summed E-state index contributed by atoms with van der Waals surface area (Å²) in [6, 6.07) is 7.44. The third kappa shape index (κ3) is 4.09. The van der Waals surface area contributed by atoms with E-state index in [4.69, 9.17) is 5.11 Å². The third-order valence-electron chi connectivity index (χ3n) is 3.49. The Morgan fingerprint density at radius 3 is 2.90 bits per heavy atom. The van der Waals surface area contributed by atoms with Gasteiger partial charge in [0, 0.05) is 17.2 Å². The van der Waals surface area contributed by atoms with Crippen molar-refractivity contribution in [2.24, 2.45) is 0 Å². The molecule has 4 heteroatoms. The van der Waals surface area contributed by atoms with Gasteiger partial charge in [0.1, 0.15) is 6.61 Å². The number of amides is 1. The molecule has 1 aliphatic heterocycles. The van der Waals surface area contributed by atoms with Gasteiger partial charge in [-0.3, -0.25) is 4.79 Å². The van der Waals surface area contributed by atoms with Crippen LogP contribution in [0.1, 0.15) is 28.8 Å². The van der Waals surface area contributed by atoms with Crippen LogP contribution in [0.15, 0.2) is 24.3 Å². The molecule has 0 aliphatic carbocycles. The van der Waals surface area contributed by atoms with Gasteiger partial charge in [-0.1, -0.05) is 17.9 Å². The smallest absolute Gasteiger partial charge is 0.251 e. The molecule has 1 aromatic rings. The number of rotatable bonds is 2. The minimum absolute atomic E-state index is 0.0489. The van der Waals surface area contributed by atoms with Crippen LogP contribution in [0.3, 0.4) is 0 Å². The number of aliphatic hydroxyl groups is 1. The molecule has 1 aliphatic rings. The number of nitrogens with zero attached hydrogens (tertiary/aromatic N) is 1. The maximum Gasteiger partial charge on any atom is 0.251 e. The molecular weight excluding hydrogens is 252 g/mol. The Morgan fingerprint density at radius 2 is 2.20 bits per heavy atom. The fourth-order valence-corrected chi connectivity index (χ4v) is 2.30. The second kappa shape index (κ2) is 7.09. The number of hydrogen-bond donors (Lipinski definition) is 2. The van der Waals surface area contributed by atoms with Crippen LogP contribution >= 0.6 is 0 Å². The average molecular weight is 272 g/mol. The molecule has 0 radical (unpaired) electrons. The van der Waals surface area contributed by atoms with E-state index in [1.807, 2.05) is 12.1 Å². The standard InChI is InChI=1S/C16H20N2O2/c1-18-9-7-15(8-10-18)17-16(20)14-6-2-4-13(12-14)5-3-11-19/h2,4,6,12,15,19H,7-11H2,1H3,(H,17,20). The molecule has 0 spiro atoms. The Labute approximate surface area is 119 Å². The lowest BCUT2D eigenvalue weighted by Crippen LogP contribution is -2.43. The van der Waals surface area contributed by atoms with Gasteiger partial charge in [0.2, 0.25) is 0 Å². The summed E-state index contributed by atoms with van der Waals surface area (Å²) < 4.78 is 0. The largest absolute Gasteiger partial charge is 0.384 e. The van der Waals surface area contributed by atoms with Gasteiger partial charge in [0.25, 0.3) is 5.91 Å². The summed E-state index contributed by atoms with van der Waals surface area (Å²) in [6.45, 7) is 1.87. The summed E-state index contributed by atoms with van der Waals surface area (Å²) in [6.07, 6.45) is 1.98. The normalized spacial score (nSPS) is 16.3. The molecular formula is C16H20N2O2. The highest BCUT2D eigenvalue weighted by Gasteiger charge is 2.18. The van der Waals surface area contributed by atoms with E-state index in [1.165, 1.54) is 0 Å². The molecule has 2 rings (SSSR count). The SMILES string of the molecule is CN1CCC(NC(=O)c2cccc(C#CCO)c2)CC1. The van der Waals surface area contributed by atoms with Crippen LogP contribution in [0.25, 0.3) is 0 Å². The van der Waals surface area contributed by atoms with E-state index >= 15 is 0 Å². The average Bonchev–Trinajstić information content (AvgIpc) is 2.48. The van der Waals surface area contributed by atoms with Crippen molar-refractivity contribution in [2.45, 2.75) is 18.9 Å². The lowest BCUT2D eigenvalue weighted by atomic mass is 10.0. The summed E-state index contributed by atoms with van der Waals surface area (Å²) in [4.78, 5) is 14.5. The van der Waals surface area contributed by atoms with Gasteiger partial charge in [-0.15, -0.1) is 0 Å². The van der Waals surface area contributed by atoms with Crippen LogP contribution in [-0.4, -0.2) is 48.7 Å². The molecule has 1 amide bonds. The lowest BCUT2D eigenvalue weighted by Gasteiger charge is -2.29. The predicted molar refractivity (Wildman–Crippen MR) is 78.4 cm³/mol. The number of carbonyl (C=O) groups is 1. The summed E-state index contributed by atoms with van der Waals surface area (Å²) in [5.74, 6) is 5.35. The Balaban J connectivity index is 1.98. The number of piperidine rings is 1. The zero-order valence-corrected chi connectivity index (χ0v) is 11.7. The van der Waals surface area contributed by atoms with Gasteiger partial charge in [0.05, 0.1) is 0 Å². The Hall–Kier alpha value is -1.83. The van der Waals surface area contributed by atoms with Crippen LogP contribution in [0, 0.1) is 11.8 Å². The zero-order chi connectivity index (χ0) is 14.4. The van der Waals surface area contributed by atoms with Crippen LogP contribution in [-0.2, 0) is 0 Å². The van der Waals surface area contributed by atoms with Crippen molar-refractivity contribution >= 4 is 5.91 Å². The molecule has 20 heavy (non-hydrogen) atoms. The zero-order valence-electron chi connectivity index (χ0n) is 11.7. The molecule has 4 nitrogen and oxygen atoms in total. The lowest BCUT2D eigenvalue weighted by molar-refractivity contribution is 0.0917. The monoisotopic (exact) mass is 272 g/mol. The van der Waals surface area contributed by atoms with Crippen molar-refractivity contribution in [1.82, 2.24) is 10.2 Å². The van der Waals surface area contributed by atoms with Crippen molar-refractivity contribution in [2.75, 3.05) is 26.7 Å². The van der Waals surface area contributed by atoms with Crippen LogP contribution in [0.2, 0.25) is 0 Å². The first-order valence-electron chi connectivity index (χ1n) is 6.88. The van der Waals surface area contributed by atoms with E-state index in [1.54, 1.807) is 12.1 Å². The topological polar surface area (TPSA) is 52.6 Å². The van der Waals surface area contributed by atoms with Crippen LogP contribution in [0.5, 0.6) is 0 Å². The van der Waals surface area contributed by atoms with Gasteiger partial charge >= 0.3 is 0 Å². The molecule has 0 bridgehead atoms. The van der Waals surface area contributed by atoms with Crippen molar-refractivity contribution in [1.29, 1.82) is 0 Å². The molecule has 0 saturated carbocycles. The van der Waals surface area contributed by atoms with E-state index in [-0.39, 0.29) is 18.6 Å². The van der Waals surface area contributed by atoms with E-state index < -0.39 is 0 Å². The molecule has 0 unspecified atom stereocenters. The number of hydrogen-bond acceptors (Lipinski definition) is 3. The second-order valence-electron chi connectivity index (χ2n) is 5.09. The minimum Gasteiger partial charge on any atom is -0.384 e. The predicted octanol–water partition coefficient (Wildman–Crippen LogP) is 0.854. The van der Waals surface area contributed by atoms with E-state index in [0.29, 0.717) is 5.56 Å². The molecule has 1 aromatic carbocycles. The Kier molecular flexibility index (Phi) is 5.16. The molecule has 1 heterocycles. The quantitative estimate of drug-likeness (QED) is 0.785. The second-order valence-corrected chi connectivity index (χ2v) is 5.09. The van der Waals surface area contributed by atoms with E-state index in [0.717, 1.165) is 31.5 Å². The first kappa shape index (κ1) is 14.6. The van der Waals surface area contributed by atoms with Gasteiger partial charge in [-0.25, -0.2) is 0 Å². The van der Waals surface area contributed by atoms with Gasteiger partial charge in [-0.2, -0.15) is 0 Å². The molecule has 0 atom stereocenters. The number of nitrogens with one attached hydrogen (secondary N) is 1. The van der Waals surface area contributed by atoms with Gasteiger partial charge in [0.15, 0.2) is 0 Å². The Bertz CT molecular complexity index is 523. The Morgan fingerprint density at radius 1 is 1.45 bits per heavy atom. The first-order chi connectivity index (χ1) is 9.69.